The van der Waals surface area contributed by atoms with Crippen LogP contribution >= 0.6 is 0 Å². The summed E-state index contributed by atoms with van der Waals surface area (Å²) in [5, 5.41) is 17.2. The zero-order valence-electron chi connectivity index (χ0n) is 19.1. The first kappa shape index (κ1) is 23.2. The van der Waals surface area contributed by atoms with E-state index < -0.39 is 11.9 Å². The monoisotopic (exact) mass is 464 g/mol. The first-order valence-corrected chi connectivity index (χ1v) is 11.0. The van der Waals surface area contributed by atoms with Crippen molar-refractivity contribution in [3.8, 4) is 0 Å². The molecule has 178 valence electrons. The molecule has 5 N–H and O–H groups in total. The molecular weight excluding hydrogens is 436 g/mol. The van der Waals surface area contributed by atoms with Crippen LogP contribution in [0.5, 0.6) is 0 Å². The molecule has 0 aliphatic carbocycles. The van der Waals surface area contributed by atoms with Gasteiger partial charge in [-0.1, -0.05) is 6.07 Å². The van der Waals surface area contributed by atoms with Gasteiger partial charge in [0.05, 0.1) is 30.4 Å². The number of nitrogens with one attached hydrogen (secondary N) is 2. The van der Waals surface area contributed by atoms with Crippen molar-refractivity contribution in [3.63, 3.8) is 0 Å². The number of aliphatic hydroxyl groups excluding tert-OH is 1. The number of hydrogen-bond donors (Lipinski definition) is 4. The standard InChI is InChI=1S/C23H28N8O3/c1-30(2)23(34)28-17-6-4-10-31(18(17)13-32)19-12-26-20(21(24)33)22(29-19)27-15-7-8-16-14(11-15)5-3-9-25-16/h3,5,7-9,11-12,17-18,32H,4,6,10,13H2,1-2H3,(H2,24,33)(H,27,29)(H,28,34)/t17?,18-/m0/s1. The van der Waals surface area contributed by atoms with Crippen LogP contribution in [0.1, 0.15) is 23.3 Å². The van der Waals surface area contributed by atoms with Gasteiger partial charge in [-0.2, -0.15) is 0 Å². The number of amides is 3. The van der Waals surface area contributed by atoms with Gasteiger partial charge in [0, 0.05) is 37.9 Å². The Kier molecular flexibility index (Phi) is 6.73. The lowest BCUT2D eigenvalue weighted by Crippen LogP contribution is -2.58. The lowest BCUT2D eigenvalue weighted by atomic mass is 9.96. The molecule has 3 aromatic rings. The minimum absolute atomic E-state index is 0.00468. The van der Waals surface area contributed by atoms with Crippen LogP contribution in [-0.2, 0) is 0 Å². The van der Waals surface area contributed by atoms with Crippen LogP contribution < -0.4 is 21.3 Å². The van der Waals surface area contributed by atoms with Gasteiger partial charge in [-0.15, -0.1) is 0 Å². The molecule has 3 amide bonds. The quantitative estimate of drug-likeness (QED) is 0.428. The van der Waals surface area contributed by atoms with Crippen molar-refractivity contribution in [2.75, 3.05) is 37.5 Å². The molecule has 34 heavy (non-hydrogen) atoms. The largest absolute Gasteiger partial charge is 0.394 e. The van der Waals surface area contributed by atoms with Crippen LogP contribution in [0, 0.1) is 0 Å². The summed E-state index contributed by atoms with van der Waals surface area (Å²) in [5.74, 6) is -0.0281. The smallest absolute Gasteiger partial charge is 0.317 e. The van der Waals surface area contributed by atoms with Crippen LogP contribution in [-0.4, -0.2) is 76.2 Å². The number of carbonyl (C=O) groups is 2. The maximum atomic E-state index is 12.2. The zero-order chi connectivity index (χ0) is 24.2. The van der Waals surface area contributed by atoms with E-state index in [2.05, 4.69) is 25.6 Å². The van der Waals surface area contributed by atoms with Gasteiger partial charge in [0.1, 0.15) is 5.82 Å². The Hall–Kier alpha value is -3.99. The fourth-order valence-corrected chi connectivity index (χ4v) is 4.10. The maximum Gasteiger partial charge on any atom is 0.317 e. The van der Waals surface area contributed by atoms with Crippen molar-refractivity contribution >= 4 is 40.2 Å². The average molecular weight is 465 g/mol. The molecule has 11 heteroatoms. The second-order valence-corrected chi connectivity index (χ2v) is 8.36. The minimum atomic E-state index is -0.711. The van der Waals surface area contributed by atoms with E-state index in [4.69, 9.17) is 5.73 Å². The molecule has 1 aromatic carbocycles. The first-order valence-electron chi connectivity index (χ1n) is 11.0. The highest BCUT2D eigenvalue weighted by Crippen LogP contribution is 2.27. The molecule has 1 unspecified atom stereocenters. The van der Waals surface area contributed by atoms with E-state index in [-0.39, 0.29) is 30.2 Å². The number of hydrogen-bond acceptors (Lipinski definition) is 8. The van der Waals surface area contributed by atoms with E-state index in [1.165, 1.54) is 11.1 Å². The molecule has 4 rings (SSSR count). The maximum absolute atomic E-state index is 12.2. The van der Waals surface area contributed by atoms with Gasteiger partial charge in [-0.05, 0) is 37.1 Å². The van der Waals surface area contributed by atoms with E-state index in [1.54, 1.807) is 20.3 Å². The van der Waals surface area contributed by atoms with Crippen LogP contribution in [0.15, 0.2) is 42.7 Å². The van der Waals surface area contributed by atoms with E-state index in [9.17, 15) is 14.7 Å². The predicted molar refractivity (Wildman–Crippen MR) is 129 cm³/mol. The summed E-state index contributed by atoms with van der Waals surface area (Å²) >= 11 is 0. The normalized spacial score (nSPS) is 17.9. The van der Waals surface area contributed by atoms with Gasteiger partial charge in [0.2, 0.25) is 0 Å². The van der Waals surface area contributed by atoms with Gasteiger partial charge in [-0.25, -0.2) is 14.8 Å². The number of fused-ring (bicyclic) bond motifs is 1. The number of aromatic nitrogens is 3. The minimum Gasteiger partial charge on any atom is -0.394 e. The zero-order valence-corrected chi connectivity index (χ0v) is 19.1. The van der Waals surface area contributed by atoms with Gasteiger partial charge >= 0.3 is 6.03 Å². The molecule has 1 saturated heterocycles. The molecule has 1 aliphatic heterocycles. The molecule has 2 atom stereocenters. The fourth-order valence-electron chi connectivity index (χ4n) is 4.10. The van der Waals surface area contributed by atoms with Gasteiger partial charge in [-0.3, -0.25) is 9.78 Å². The highest BCUT2D eigenvalue weighted by atomic mass is 16.3. The Morgan fingerprint density at radius 2 is 2.09 bits per heavy atom. The third-order valence-corrected chi connectivity index (χ3v) is 5.83. The molecule has 11 nitrogen and oxygen atoms in total. The van der Waals surface area contributed by atoms with Gasteiger partial charge in [0.25, 0.3) is 5.91 Å². The molecule has 2 aromatic heterocycles. The van der Waals surface area contributed by atoms with Crippen molar-refractivity contribution in [3.05, 3.63) is 48.4 Å². The number of urea groups is 1. The van der Waals surface area contributed by atoms with E-state index >= 15 is 0 Å². The number of pyridine rings is 1. The predicted octanol–water partition coefficient (Wildman–Crippen LogP) is 1.47. The Labute approximate surface area is 197 Å². The molecule has 0 radical (unpaired) electrons. The third-order valence-electron chi connectivity index (χ3n) is 5.83. The van der Waals surface area contributed by atoms with Crippen LogP contribution in [0.2, 0.25) is 0 Å². The van der Waals surface area contributed by atoms with Crippen LogP contribution in [0.3, 0.4) is 0 Å². The van der Waals surface area contributed by atoms with Gasteiger partial charge in [0.15, 0.2) is 11.5 Å². The summed E-state index contributed by atoms with van der Waals surface area (Å²) in [6, 6.07) is 8.48. The van der Waals surface area contributed by atoms with Crippen molar-refractivity contribution < 1.29 is 14.7 Å². The summed E-state index contributed by atoms with van der Waals surface area (Å²) in [7, 11) is 3.33. The van der Waals surface area contributed by atoms with Crippen LogP contribution in [0.4, 0.5) is 22.1 Å². The summed E-state index contributed by atoms with van der Waals surface area (Å²) in [6.07, 6.45) is 4.70. The Bertz CT molecular complexity index is 1200. The topological polar surface area (TPSA) is 150 Å². The van der Waals surface area contributed by atoms with E-state index in [1.807, 2.05) is 35.2 Å². The molecule has 0 bridgehead atoms. The number of carbonyl (C=O) groups excluding carboxylic acids is 2. The third kappa shape index (κ3) is 4.84. The first-order chi connectivity index (χ1) is 16.4. The van der Waals surface area contributed by atoms with E-state index in [0.717, 1.165) is 23.7 Å². The number of aliphatic hydroxyl groups is 1. The van der Waals surface area contributed by atoms with Crippen molar-refractivity contribution in [1.29, 1.82) is 0 Å². The number of rotatable bonds is 6. The number of benzene rings is 1. The number of piperidine rings is 1. The average Bonchev–Trinajstić information content (AvgIpc) is 2.83. The number of nitrogens with two attached hydrogens (primary N) is 1. The van der Waals surface area contributed by atoms with Crippen molar-refractivity contribution in [1.82, 2.24) is 25.2 Å². The van der Waals surface area contributed by atoms with Crippen molar-refractivity contribution in [2.45, 2.75) is 24.9 Å². The number of primary amides is 1. The summed E-state index contributed by atoms with van der Waals surface area (Å²) < 4.78 is 0. The molecule has 0 saturated carbocycles. The number of nitrogens with zero attached hydrogens (tertiary/aromatic N) is 5. The molecule has 3 heterocycles. The SMILES string of the molecule is CN(C)C(=O)NC1CCCN(c2cnc(C(N)=O)c(Nc3ccc4ncccc4c3)n2)[C@H]1CO. The van der Waals surface area contributed by atoms with Crippen LogP contribution in [0.25, 0.3) is 10.9 Å². The lowest BCUT2D eigenvalue weighted by Gasteiger charge is -2.41. The number of anilines is 3. The Balaban J connectivity index is 1.65. The van der Waals surface area contributed by atoms with E-state index in [0.29, 0.717) is 18.1 Å². The summed E-state index contributed by atoms with van der Waals surface area (Å²) in [4.78, 5) is 40.8. The molecule has 0 spiro atoms. The highest BCUT2D eigenvalue weighted by molar-refractivity contribution is 5.96. The second-order valence-electron chi connectivity index (χ2n) is 8.36. The fraction of sp³-hybridized carbons (Fsp3) is 0.348. The lowest BCUT2D eigenvalue weighted by molar-refractivity contribution is 0.0996. The molecule has 1 aliphatic rings. The van der Waals surface area contributed by atoms with Gasteiger partial charge < -0.3 is 31.3 Å². The highest BCUT2D eigenvalue weighted by Gasteiger charge is 2.33. The summed E-state index contributed by atoms with van der Waals surface area (Å²) in [5.41, 5.74) is 7.09. The molecular formula is C23H28N8O3. The molecule has 1 fully saturated rings. The van der Waals surface area contributed by atoms with Crippen molar-refractivity contribution in [2.24, 2.45) is 5.73 Å². The Morgan fingerprint density at radius 3 is 2.82 bits per heavy atom. The Morgan fingerprint density at radius 1 is 1.26 bits per heavy atom. The summed E-state index contributed by atoms with van der Waals surface area (Å²) in [6.45, 7) is 0.434. The second kappa shape index (κ2) is 9.87.